The first-order valence-electron chi connectivity index (χ1n) is 7.26. The van der Waals surface area contributed by atoms with E-state index < -0.39 is 0 Å². The van der Waals surface area contributed by atoms with Gasteiger partial charge in [-0.15, -0.1) is 0 Å². The lowest BCUT2D eigenvalue weighted by atomic mass is 10.2. The standard InChI is InChI=1S/C17H13Cl2N3O2S/c1-25-17-21-9-13(19)15(22-17)16(23)20-8-12-6-7-14(24-12)10-2-4-11(18)5-3-10/h2-7,9H,8H2,1H3,(H,20,23). The molecule has 0 aliphatic carbocycles. The number of benzene rings is 1. The molecule has 0 bridgehead atoms. The van der Waals surface area contributed by atoms with Crippen molar-refractivity contribution in [2.75, 3.05) is 6.26 Å². The van der Waals surface area contributed by atoms with E-state index in [0.717, 1.165) is 5.56 Å². The van der Waals surface area contributed by atoms with Gasteiger partial charge >= 0.3 is 0 Å². The summed E-state index contributed by atoms with van der Waals surface area (Å²) in [7, 11) is 0. The van der Waals surface area contributed by atoms with Gasteiger partial charge in [-0.05, 0) is 42.7 Å². The molecule has 1 N–H and O–H groups in total. The Bertz CT molecular complexity index is 897. The predicted molar refractivity (Wildman–Crippen MR) is 99.1 cm³/mol. The van der Waals surface area contributed by atoms with E-state index in [1.54, 1.807) is 18.2 Å². The Kier molecular flexibility index (Phi) is 5.63. The van der Waals surface area contributed by atoms with Gasteiger partial charge in [0.25, 0.3) is 5.91 Å². The minimum Gasteiger partial charge on any atom is -0.459 e. The number of aromatic nitrogens is 2. The highest BCUT2D eigenvalue weighted by molar-refractivity contribution is 7.98. The molecule has 25 heavy (non-hydrogen) atoms. The van der Waals surface area contributed by atoms with E-state index in [2.05, 4.69) is 15.3 Å². The predicted octanol–water partition coefficient (Wildman–Crippen LogP) is 4.70. The van der Waals surface area contributed by atoms with Crippen molar-refractivity contribution in [1.82, 2.24) is 15.3 Å². The second-order valence-electron chi connectivity index (χ2n) is 5.01. The maximum atomic E-state index is 12.3. The Morgan fingerprint density at radius 3 is 2.68 bits per heavy atom. The summed E-state index contributed by atoms with van der Waals surface area (Å²) in [5, 5.41) is 4.09. The van der Waals surface area contributed by atoms with E-state index in [1.165, 1.54) is 18.0 Å². The maximum Gasteiger partial charge on any atom is 0.271 e. The summed E-state index contributed by atoms with van der Waals surface area (Å²) in [6.07, 6.45) is 3.24. The molecule has 0 aliphatic heterocycles. The topological polar surface area (TPSA) is 68.0 Å². The molecular weight excluding hydrogens is 381 g/mol. The highest BCUT2D eigenvalue weighted by Crippen LogP contribution is 2.24. The van der Waals surface area contributed by atoms with Gasteiger partial charge in [0.1, 0.15) is 11.5 Å². The number of hydrogen-bond acceptors (Lipinski definition) is 5. The molecule has 8 heteroatoms. The lowest BCUT2D eigenvalue weighted by Crippen LogP contribution is -2.24. The van der Waals surface area contributed by atoms with Crippen molar-refractivity contribution in [2.24, 2.45) is 0 Å². The third-order valence-corrected chi connectivity index (χ3v) is 4.42. The van der Waals surface area contributed by atoms with Crippen LogP contribution in [0.3, 0.4) is 0 Å². The van der Waals surface area contributed by atoms with Gasteiger partial charge in [-0.2, -0.15) is 0 Å². The van der Waals surface area contributed by atoms with Gasteiger partial charge in [0.2, 0.25) is 0 Å². The van der Waals surface area contributed by atoms with Crippen LogP contribution in [0.4, 0.5) is 0 Å². The first-order chi connectivity index (χ1) is 12.1. The smallest absolute Gasteiger partial charge is 0.271 e. The molecule has 0 radical (unpaired) electrons. The number of rotatable bonds is 5. The van der Waals surface area contributed by atoms with Crippen molar-refractivity contribution in [3.05, 3.63) is 64.1 Å². The van der Waals surface area contributed by atoms with E-state index in [4.69, 9.17) is 27.6 Å². The van der Waals surface area contributed by atoms with Gasteiger partial charge in [-0.25, -0.2) is 9.97 Å². The summed E-state index contributed by atoms with van der Waals surface area (Å²) in [5.41, 5.74) is 1.05. The molecule has 1 amide bonds. The molecule has 0 fully saturated rings. The lowest BCUT2D eigenvalue weighted by Gasteiger charge is -2.05. The first-order valence-corrected chi connectivity index (χ1v) is 9.24. The summed E-state index contributed by atoms with van der Waals surface area (Å²) in [6.45, 7) is 0.224. The molecule has 128 valence electrons. The SMILES string of the molecule is CSc1ncc(Cl)c(C(=O)NCc2ccc(-c3ccc(Cl)cc3)o2)n1. The summed E-state index contributed by atoms with van der Waals surface area (Å²) in [5.74, 6) is 0.936. The second kappa shape index (κ2) is 7.91. The van der Waals surface area contributed by atoms with Gasteiger partial charge in [-0.3, -0.25) is 4.79 Å². The minimum atomic E-state index is -0.382. The number of nitrogens with zero attached hydrogens (tertiary/aromatic N) is 2. The number of hydrogen-bond donors (Lipinski definition) is 1. The molecule has 0 atom stereocenters. The van der Waals surface area contributed by atoms with Crippen molar-refractivity contribution < 1.29 is 9.21 Å². The first kappa shape index (κ1) is 17.8. The highest BCUT2D eigenvalue weighted by atomic mass is 35.5. The van der Waals surface area contributed by atoms with Crippen LogP contribution in [-0.2, 0) is 6.54 Å². The fourth-order valence-corrected chi connectivity index (χ4v) is 2.75. The summed E-state index contributed by atoms with van der Waals surface area (Å²) in [6, 6.07) is 11.0. The monoisotopic (exact) mass is 393 g/mol. The molecule has 0 unspecified atom stereocenters. The largest absolute Gasteiger partial charge is 0.459 e. The van der Waals surface area contributed by atoms with Crippen LogP contribution in [0, 0.1) is 0 Å². The quantitative estimate of drug-likeness (QED) is 0.502. The Morgan fingerprint density at radius 1 is 1.20 bits per heavy atom. The summed E-state index contributed by atoms with van der Waals surface area (Å²) >= 11 is 13.2. The van der Waals surface area contributed by atoms with Gasteiger partial charge in [-0.1, -0.05) is 35.0 Å². The molecule has 1 aromatic carbocycles. The highest BCUT2D eigenvalue weighted by Gasteiger charge is 2.14. The Morgan fingerprint density at radius 2 is 1.96 bits per heavy atom. The number of carbonyl (C=O) groups is 1. The van der Waals surface area contributed by atoms with Gasteiger partial charge in [0.15, 0.2) is 10.9 Å². The zero-order valence-electron chi connectivity index (χ0n) is 13.1. The average Bonchev–Trinajstić information content (AvgIpc) is 3.09. The molecular formula is C17H13Cl2N3O2S. The zero-order chi connectivity index (χ0) is 17.8. The van der Waals surface area contributed by atoms with Crippen LogP contribution in [0.1, 0.15) is 16.2 Å². The summed E-state index contributed by atoms with van der Waals surface area (Å²) in [4.78, 5) is 20.4. The van der Waals surface area contributed by atoms with Crippen LogP contribution in [0.5, 0.6) is 0 Å². The van der Waals surface area contributed by atoms with Crippen LogP contribution in [0.2, 0.25) is 10.0 Å². The van der Waals surface area contributed by atoms with Crippen LogP contribution >= 0.6 is 35.0 Å². The van der Waals surface area contributed by atoms with E-state index in [0.29, 0.717) is 21.7 Å². The average molecular weight is 394 g/mol. The van der Waals surface area contributed by atoms with Crippen molar-refractivity contribution >= 4 is 40.9 Å². The number of carbonyl (C=O) groups excluding carboxylic acids is 1. The number of amides is 1. The Balaban J connectivity index is 1.68. The third kappa shape index (κ3) is 4.34. The molecule has 3 aromatic rings. The van der Waals surface area contributed by atoms with E-state index >= 15 is 0 Å². The Hall–Kier alpha value is -2.02. The molecule has 0 spiro atoms. The number of nitrogens with one attached hydrogen (secondary N) is 1. The fraction of sp³-hybridized carbons (Fsp3) is 0.118. The maximum absolute atomic E-state index is 12.3. The molecule has 0 saturated heterocycles. The van der Waals surface area contributed by atoms with Gasteiger partial charge in [0.05, 0.1) is 17.8 Å². The van der Waals surface area contributed by atoms with Gasteiger partial charge in [0, 0.05) is 10.6 Å². The van der Waals surface area contributed by atoms with Crippen molar-refractivity contribution in [3.8, 4) is 11.3 Å². The van der Waals surface area contributed by atoms with Crippen LogP contribution in [-0.4, -0.2) is 22.1 Å². The van der Waals surface area contributed by atoms with E-state index in [9.17, 15) is 4.79 Å². The van der Waals surface area contributed by atoms with Crippen LogP contribution < -0.4 is 5.32 Å². The van der Waals surface area contributed by atoms with Crippen molar-refractivity contribution in [3.63, 3.8) is 0 Å². The van der Waals surface area contributed by atoms with E-state index in [-0.39, 0.29) is 23.2 Å². The zero-order valence-corrected chi connectivity index (χ0v) is 15.5. The van der Waals surface area contributed by atoms with Crippen LogP contribution in [0.25, 0.3) is 11.3 Å². The summed E-state index contributed by atoms with van der Waals surface area (Å²) < 4.78 is 5.74. The molecule has 0 aliphatic rings. The number of thioether (sulfide) groups is 1. The molecule has 0 saturated carbocycles. The molecule has 2 heterocycles. The third-order valence-electron chi connectivity index (χ3n) is 3.33. The van der Waals surface area contributed by atoms with Crippen molar-refractivity contribution in [2.45, 2.75) is 11.7 Å². The minimum absolute atomic E-state index is 0.144. The van der Waals surface area contributed by atoms with Crippen molar-refractivity contribution in [1.29, 1.82) is 0 Å². The lowest BCUT2D eigenvalue weighted by molar-refractivity contribution is 0.0942. The second-order valence-corrected chi connectivity index (χ2v) is 6.63. The van der Waals surface area contributed by atoms with E-state index in [1.807, 2.05) is 24.5 Å². The molecule has 3 rings (SSSR count). The van der Waals surface area contributed by atoms with Crippen LogP contribution in [0.15, 0.2) is 52.2 Å². The van der Waals surface area contributed by atoms with Gasteiger partial charge < -0.3 is 9.73 Å². The normalized spacial score (nSPS) is 10.7. The number of halogens is 2. The Labute approximate surface area is 158 Å². The fourth-order valence-electron chi connectivity index (χ4n) is 2.10. The number of furan rings is 1. The molecule has 5 nitrogen and oxygen atoms in total. The molecule has 2 aromatic heterocycles.